The lowest BCUT2D eigenvalue weighted by Gasteiger charge is -2.14. The van der Waals surface area contributed by atoms with Gasteiger partial charge in [-0.05, 0) is 17.0 Å². The number of nitrogens with one attached hydrogen (secondary N) is 1. The molecule has 1 heterocycles. The maximum absolute atomic E-state index is 3.88. The molecule has 2 aromatic rings. The molecule has 0 saturated heterocycles. The van der Waals surface area contributed by atoms with Crippen molar-refractivity contribution in [3.05, 3.63) is 70.9 Å². The molecule has 1 nitrogen and oxygen atoms in total. The molecule has 0 amide bonds. The molecule has 0 aliphatic carbocycles. The Bertz CT molecular complexity index is 419. The number of hydrogen-bond donors (Lipinski definition) is 1. The molecule has 0 saturated carbocycles. The van der Waals surface area contributed by atoms with Gasteiger partial charge in [-0.3, -0.25) is 0 Å². The number of thiophene rings is 1. The van der Waals surface area contributed by atoms with E-state index in [1.807, 2.05) is 12.1 Å². The van der Waals surface area contributed by atoms with Crippen molar-refractivity contribution in [2.45, 2.75) is 12.6 Å². The van der Waals surface area contributed by atoms with Gasteiger partial charge in [0.15, 0.2) is 0 Å². The highest BCUT2D eigenvalue weighted by molar-refractivity contribution is 7.09. The molecule has 1 aromatic heterocycles. The lowest BCUT2D eigenvalue weighted by molar-refractivity contribution is 0.627. The summed E-state index contributed by atoms with van der Waals surface area (Å²) in [4.78, 5) is 1.35. The highest BCUT2D eigenvalue weighted by Crippen LogP contribution is 2.15. The van der Waals surface area contributed by atoms with Crippen molar-refractivity contribution < 1.29 is 0 Å². The first-order valence-corrected chi connectivity index (χ1v) is 6.21. The van der Waals surface area contributed by atoms with Crippen molar-refractivity contribution in [2.24, 2.45) is 0 Å². The van der Waals surface area contributed by atoms with Crippen LogP contribution in [0.3, 0.4) is 0 Å². The van der Waals surface area contributed by atoms with Crippen molar-refractivity contribution in [2.75, 3.05) is 0 Å². The summed E-state index contributed by atoms with van der Waals surface area (Å²) in [5.41, 5.74) is 1.26. The molecule has 0 aliphatic heterocycles. The first-order valence-electron chi connectivity index (χ1n) is 5.33. The molecule has 0 fully saturated rings. The van der Waals surface area contributed by atoms with E-state index >= 15 is 0 Å². The van der Waals surface area contributed by atoms with E-state index in [0.29, 0.717) is 0 Å². The van der Waals surface area contributed by atoms with Gasteiger partial charge in [0.1, 0.15) is 0 Å². The third kappa shape index (κ3) is 2.81. The minimum Gasteiger partial charge on any atom is -0.302 e. The zero-order chi connectivity index (χ0) is 11.2. The van der Waals surface area contributed by atoms with Crippen LogP contribution in [0, 0.1) is 0 Å². The van der Waals surface area contributed by atoms with Crippen molar-refractivity contribution in [1.29, 1.82) is 0 Å². The maximum Gasteiger partial charge on any atom is 0.0506 e. The lowest BCUT2D eigenvalue weighted by Crippen LogP contribution is -2.18. The third-order valence-corrected chi connectivity index (χ3v) is 3.35. The van der Waals surface area contributed by atoms with Gasteiger partial charge < -0.3 is 5.32 Å². The van der Waals surface area contributed by atoms with Crippen LogP contribution in [-0.2, 0) is 6.54 Å². The van der Waals surface area contributed by atoms with E-state index in [9.17, 15) is 0 Å². The fourth-order valence-electron chi connectivity index (χ4n) is 1.62. The van der Waals surface area contributed by atoms with Gasteiger partial charge in [0.25, 0.3) is 0 Å². The van der Waals surface area contributed by atoms with Crippen molar-refractivity contribution in [3.8, 4) is 0 Å². The third-order valence-electron chi connectivity index (χ3n) is 2.47. The summed E-state index contributed by atoms with van der Waals surface area (Å²) >= 11 is 1.77. The zero-order valence-electron chi connectivity index (χ0n) is 9.10. The molecule has 1 N–H and O–H groups in total. The Morgan fingerprint density at radius 1 is 1.19 bits per heavy atom. The van der Waals surface area contributed by atoms with Crippen molar-refractivity contribution in [3.63, 3.8) is 0 Å². The average molecular weight is 229 g/mol. The van der Waals surface area contributed by atoms with Gasteiger partial charge in [-0.1, -0.05) is 42.5 Å². The first-order chi connectivity index (χ1) is 7.90. The van der Waals surface area contributed by atoms with E-state index in [0.717, 1.165) is 6.54 Å². The Kier molecular flexibility index (Phi) is 3.91. The second kappa shape index (κ2) is 5.64. The summed E-state index contributed by atoms with van der Waals surface area (Å²) in [7, 11) is 0. The van der Waals surface area contributed by atoms with Gasteiger partial charge in [0.05, 0.1) is 6.04 Å². The summed E-state index contributed by atoms with van der Waals surface area (Å²) in [6, 6.07) is 14.8. The minimum atomic E-state index is 0.225. The van der Waals surface area contributed by atoms with Crippen molar-refractivity contribution >= 4 is 11.3 Å². The molecule has 1 atom stereocenters. The quantitative estimate of drug-likeness (QED) is 0.770. The van der Waals surface area contributed by atoms with Gasteiger partial charge in [0.2, 0.25) is 0 Å². The van der Waals surface area contributed by atoms with E-state index < -0.39 is 0 Å². The summed E-state index contributed by atoms with van der Waals surface area (Å²) in [5, 5.41) is 5.58. The van der Waals surface area contributed by atoms with Gasteiger partial charge in [0, 0.05) is 11.4 Å². The molecule has 0 radical (unpaired) electrons. The number of rotatable bonds is 5. The summed E-state index contributed by atoms with van der Waals surface area (Å²) < 4.78 is 0. The van der Waals surface area contributed by atoms with Crippen LogP contribution in [-0.4, -0.2) is 0 Å². The standard InChI is InChI=1S/C14H15NS/c1-2-14(12-7-4-3-5-8-12)15-11-13-9-6-10-16-13/h2-10,14-15H,1,11H2. The average Bonchev–Trinajstić information content (AvgIpc) is 2.84. The lowest BCUT2D eigenvalue weighted by atomic mass is 10.1. The Morgan fingerprint density at radius 2 is 2.00 bits per heavy atom. The SMILES string of the molecule is C=CC(NCc1cccs1)c1ccccc1. The topological polar surface area (TPSA) is 12.0 Å². The number of hydrogen-bond acceptors (Lipinski definition) is 2. The molecule has 1 aromatic carbocycles. The van der Waals surface area contributed by atoms with Gasteiger partial charge in [-0.15, -0.1) is 17.9 Å². The summed E-state index contributed by atoms with van der Waals surface area (Å²) in [6.07, 6.45) is 1.95. The Hall–Kier alpha value is -1.38. The van der Waals surface area contributed by atoms with Crippen LogP contribution in [0.15, 0.2) is 60.5 Å². The molecule has 2 heteroatoms. The second-order valence-corrected chi connectivity index (χ2v) is 4.62. The molecular weight excluding hydrogens is 214 g/mol. The predicted molar refractivity (Wildman–Crippen MR) is 70.5 cm³/mol. The molecule has 0 aliphatic rings. The van der Waals surface area contributed by atoms with E-state index in [1.54, 1.807) is 11.3 Å². The Balaban J connectivity index is 1.99. The molecule has 16 heavy (non-hydrogen) atoms. The Morgan fingerprint density at radius 3 is 2.62 bits per heavy atom. The first kappa shape index (κ1) is 11.1. The van der Waals surface area contributed by atoms with Gasteiger partial charge in [-0.2, -0.15) is 0 Å². The van der Waals surface area contributed by atoms with Crippen LogP contribution in [0.25, 0.3) is 0 Å². The maximum atomic E-state index is 3.88. The van der Waals surface area contributed by atoms with E-state index in [2.05, 4.69) is 53.7 Å². The normalized spacial score (nSPS) is 12.2. The van der Waals surface area contributed by atoms with Crippen LogP contribution >= 0.6 is 11.3 Å². The molecule has 0 spiro atoms. The van der Waals surface area contributed by atoms with Crippen LogP contribution < -0.4 is 5.32 Å². The molecule has 82 valence electrons. The summed E-state index contributed by atoms with van der Waals surface area (Å²) in [6.45, 7) is 4.77. The van der Waals surface area contributed by atoms with E-state index in [1.165, 1.54) is 10.4 Å². The highest BCUT2D eigenvalue weighted by atomic mass is 32.1. The fourth-order valence-corrected chi connectivity index (χ4v) is 2.28. The molecule has 1 unspecified atom stereocenters. The molecular formula is C14H15NS. The fraction of sp³-hybridized carbons (Fsp3) is 0.143. The predicted octanol–water partition coefficient (Wildman–Crippen LogP) is 3.77. The highest BCUT2D eigenvalue weighted by Gasteiger charge is 2.05. The molecule has 0 bridgehead atoms. The van der Waals surface area contributed by atoms with Crippen LogP contribution in [0.1, 0.15) is 16.5 Å². The molecule has 2 rings (SSSR count). The second-order valence-electron chi connectivity index (χ2n) is 3.58. The van der Waals surface area contributed by atoms with Crippen LogP contribution in [0.5, 0.6) is 0 Å². The van der Waals surface area contributed by atoms with Gasteiger partial charge >= 0.3 is 0 Å². The Labute approximate surface area is 100 Å². The number of benzene rings is 1. The largest absolute Gasteiger partial charge is 0.302 e. The van der Waals surface area contributed by atoms with Gasteiger partial charge in [-0.25, -0.2) is 0 Å². The van der Waals surface area contributed by atoms with Crippen LogP contribution in [0.4, 0.5) is 0 Å². The summed E-state index contributed by atoms with van der Waals surface area (Å²) in [5.74, 6) is 0. The minimum absolute atomic E-state index is 0.225. The zero-order valence-corrected chi connectivity index (χ0v) is 9.91. The van der Waals surface area contributed by atoms with E-state index in [-0.39, 0.29) is 6.04 Å². The monoisotopic (exact) mass is 229 g/mol. The smallest absolute Gasteiger partial charge is 0.0506 e. The van der Waals surface area contributed by atoms with Crippen molar-refractivity contribution in [1.82, 2.24) is 5.32 Å². The van der Waals surface area contributed by atoms with E-state index in [4.69, 9.17) is 0 Å². The van der Waals surface area contributed by atoms with Crippen LogP contribution in [0.2, 0.25) is 0 Å².